The first-order valence-corrected chi connectivity index (χ1v) is 20.0. The molecule has 0 fully saturated rings. The first-order valence-electron chi connectivity index (χ1n) is 30.5. The third-order valence-corrected chi connectivity index (χ3v) is 11.4. The maximum Gasteiger partial charge on any atom is 0.0652 e. The average Bonchev–Trinajstić information content (AvgIpc) is 1.56. The predicted molar refractivity (Wildman–Crippen MR) is 266 cm³/mol. The highest BCUT2D eigenvalue weighted by Gasteiger charge is 2.19. The molecule has 294 valence electrons. The SMILES string of the molecule is [2H]c1c([2H])c([2H])c2c(c1[2H])c1c([2H])c(-c3c([2H])c([2H])c4c(c3[2H])c3c([2H])c([2H])c([2H])c([2H])c3n4-c3c([2H])c([2H])c4c(c3[2H])c3c([2H])c([2H])c([2H])c([2H])c3n4-c3cccc(-c4ccccc4)c3)c([2H])c([2H])c1n2-c1ccc(-c2ccccc2)cc1. The van der Waals surface area contributed by atoms with E-state index in [4.69, 9.17) is 8.22 Å². The molecule has 0 aliphatic rings. The summed E-state index contributed by atoms with van der Waals surface area (Å²) >= 11 is 0. The summed E-state index contributed by atoms with van der Waals surface area (Å²) in [5.74, 6) is 0. The van der Waals surface area contributed by atoms with Crippen molar-refractivity contribution in [3.8, 4) is 50.4 Å². The van der Waals surface area contributed by atoms with Crippen LogP contribution in [0.5, 0.6) is 0 Å². The van der Waals surface area contributed by atoms with E-state index in [0.717, 1.165) is 21.3 Å². The molecule has 0 aliphatic carbocycles. The Morgan fingerprint density at radius 3 is 1.22 bits per heavy atom. The highest BCUT2D eigenvalue weighted by atomic mass is 15.0. The molecule has 63 heavy (non-hydrogen) atoms. The summed E-state index contributed by atoms with van der Waals surface area (Å²) in [7, 11) is 0. The first-order chi connectivity index (χ1) is 40.0. The van der Waals surface area contributed by atoms with E-state index < -0.39 is 166 Å². The Morgan fingerprint density at radius 1 is 0.254 bits per heavy atom. The van der Waals surface area contributed by atoms with Crippen LogP contribution >= 0.6 is 0 Å². The highest BCUT2D eigenvalue weighted by Crippen LogP contribution is 2.40. The van der Waals surface area contributed by atoms with Gasteiger partial charge in [-0.25, -0.2) is 0 Å². The Labute approximate surface area is 394 Å². The Morgan fingerprint density at radius 2 is 0.667 bits per heavy atom. The van der Waals surface area contributed by atoms with Crippen LogP contribution in [0.4, 0.5) is 0 Å². The lowest BCUT2D eigenvalue weighted by molar-refractivity contribution is 1.17. The molecule has 0 saturated carbocycles. The molecule has 0 amide bonds. The third-order valence-electron chi connectivity index (χ3n) is 11.4. The number of fused-ring (bicyclic) bond motifs is 9. The van der Waals surface area contributed by atoms with E-state index in [-0.39, 0.29) is 43.6 Å². The van der Waals surface area contributed by atoms with E-state index in [1.165, 1.54) is 9.13 Å². The number of aromatic nitrogens is 3. The first kappa shape index (κ1) is 20.4. The Bertz CT molecular complexity index is 5130. The monoisotopic (exact) mass is 822 g/mol. The molecule has 3 aromatic heterocycles. The molecule has 0 atom stereocenters. The summed E-state index contributed by atoms with van der Waals surface area (Å²) in [6, 6.07) is 17.6. The summed E-state index contributed by atoms with van der Waals surface area (Å²) < 4.78 is 201. The van der Waals surface area contributed by atoms with Gasteiger partial charge in [0.05, 0.1) is 61.9 Å². The van der Waals surface area contributed by atoms with Gasteiger partial charge in [-0.2, -0.15) is 0 Å². The van der Waals surface area contributed by atoms with Gasteiger partial charge in [0.1, 0.15) is 0 Å². The Balaban J connectivity index is 1.15. The van der Waals surface area contributed by atoms with Crippen molar-refractivity contribution in [2.45, 2.75) is 0 Å². The zero-order chi connectivity index (χ0) is 59.7. The average molecular weight is 823 g/mol. The second-order valence-electron chi connectivity index (χ2n) is 14.9. The van der Waals surface area contributed by atoms with Crippen LogP contribution in [0.1, 0.15) is 28.8 Å². The second kappa shape index (κ2) is 14.1. The van der Waals surface area contributed by atoms with Crippen molar-refractivity contribution in [1.82, 2.24) is 13.7 Å². The molecule has 13 rings (SSSR count). The van der Waals surface area contributed by atoms with Crippen LogP contribution in [0.3, 0.4) is 0 Å². The van der Waals surface area contributed by atoms with Gasteiger partial charge in [0, 0.05) is 49.4 Å². The minimum Gasteiger partial charge on any atom is -0.309 e. The molecule has 0 radical (unpaired) electrons. The van der Waals surface area contributed by atoms with Crippen LogP contribution in [0.2, 0.25) is 0 Å². The van der Waals surface area contributed by atoms with Gasteiger partial charge in [-0.15, -0.1) is 0 Å². The van der Waals surface area contributed by atoms with E-state index in [9.17, 15) is 20.6 Å². The molecule has 0 unspecified atom stereocenters. The molecule has 3 nitrogen and oxygen atoms in total. The summed E-state index contributed by atoms with van der Waals surface area (Å²) in [5.41, 5.74) is 0.172. The van der Waals surface area contributed by atoms with Crippen LogP contribution in [-0.4, -0.2) is 13.7 Å². The summed E-state index contributed by atoms with van der Waals surface area (Å²) in [4.78, 5) is 0. The molecule has 0 saturated heterocycles. The number of benzene rings is 10. The Kier molecular flexibility index (Phi) is 4.57. The number of para-hydroxylation sites is 3. The molecule has 3 heterocycles. The molecular formula is C60H39N3. The highest BCUT2D eigenvalue weighted by molar-refractivity contribution is 6.14. The van der Waals surface area contributed by atoms with Gasteiger partial charge in [-0.05, 0) is 118 Å². The van der Waals surface area contributed by atoms with E-state index >= 15 is 0 Å². The Hall–Kier alpha value is -8.40. The second-order valence-corrected chi connectivity index (χ2v) is 14.9. The van der Waals surface area contributed by atoms with Crippen LogP contribution < -0.4 is 0 Å². The number of hydrogen-bond donors (Lipinski definition) is 0. The number of rotatable bonds is 6. The molecule has 0 bridgehead atoms. The van der Waals surface area contributed by atoms with Crippen molar-refractivity contribution < 1.29 is 28.8 Å². The minimum atomic E-state index is -0.885. The van der Waals surface area contributed by atoms with Gasteiger partial charge < -0.3 is 13.7 Å². The number of nitrogens with zero attached hydrogens (tertiary/aromatic N) is 3. The minimum absolute atomic E-state index is 0.141. The largest absolute Gasteiger partial charge is 0.309 e. The maximum atomic E-state index is 10.1. The van der Waals surface area contributed by atoms with Gasteiger partial charge in [-0.1, -0.05) is 151 Å². The lowest BCUT2D eigenvalue weighted by Crippen LogP contribution is -1.96. The van der Waals surface area contributed by atoms with Crippen molar-refractivity contribution in [2.24, 2.45) is 0 Å². The topological polar surface area (TPSA) is 14.8 Å². The van der Waals surface area contributed by atoms with Crippen molar-refractivity contribution in [1.29, 1.82) is 0 Å². The fourth-order valence-electron chi connectivity index (χ4n) is 8.52. The van der Waals surface area contributed by atoms with E-state index in [0.29, 0.717) is 16.9 Å². The van der Waals surface area contributed by atoms with Crippen molar-refractivity contribution in [3.05, 3.63) is 236 Å². The van der Waals surface area contributed by atoms with Crippen LogP contribution in [0.25, 0.3) is 116 Å². The molecule has 10 aromatic carbocycles. The normalized spacial score (nSPS) is 16.5. The molecular weight excluding hydrogens is 763 g/mol. The van der Waals surface area contributed by atoms with Crippen LogP contribution in [-0.2, 0) is 0 Å². The van der Waals surface area contributed by atoms with E-state index in [1.54, 1.807) is 42.5 Å². The van der Waals surface area contributed by atoms with Gasteiger partial charge >= 0.3 is 0 Å². The summed E-state index contributed by atoms with van der Waals surface area (Å²) in [6.07, 6.45) is 0. The van der Waals surface area contributed by atoms with Gasteiger partial charge in [0.2, 0.25) is 0 Å². The van der Waals surface area contributed by atoms with Crippen LogP contribution in [0.15, 0.2) is 236 Å². The molecule has 0 spiro atoms. The summed E-state index contributed by atoms with van der Waals surface area (Å²) in [6.45, 7) is 0. The van der Waals surface area contributed by atoms with Crippen LogP contribution in [0, 0.1) is 0 Å². The molecule has 13 aromatic rings. The molecule has 0 aliphatic heterocycles. The summed E-state index contributed by atoms with van der Waals surface area (Å²) in [5, 5.41) is -1.92. The smallest absolute Gasteiger partial charge is 0.0652 e. The van der Waals surface area contributed by atoms with E-state index in [1.807, 2.05) is 66.7 Å². The fraction of sp³-hybridized carbons (Fsp3) is 0. The predicted octanol–water partition coefficient (Wildman–Crippen LogP) is 16.0. The lowest BCUT2D eigenvalue weighted by Gasteiger charge is -2.12. The van der Waals surface area contributed by atoms with E-state index in [2.05, 4.69) is 0 Å². The van der Waals surface area contributed by atoms with Crippen molar-refractivity contribution in [2.75, 3.05) is 0 Å². The maximum absolute atomic E-state index is 10.1. The number of hydrogen-bond acceptors (Lipinski definition) is 0. The van der Waals surface area contributed by atoms with Crippen molar-refractivity contribution >= 4 is 65.4 Å². The van der Waals surface area contributed by atoms with Gasteiger partial charge in [-0.3, -0.25) is 0 Å². The molecule has 0 N–H and O–H groups in total. The standard InChI is InChI=1S/C60H39N3/c1-3-14-40(15-4-1)42-26-30-46(31-27-42)61-55-23-10-7-20-49(55)52-37-44(28-33-58(52)61)45-29-34-59-53(38-45)50-21-8-11-24-56(50)63(59)48-32-35-60-54(39-48)51-22-9-12-25-57(51)62(60)47-19-13-18-43(36-47)41-16-5-2-6-17-41/h1-39H/i7D,8D,9D,10D,11D,12D,20D,21D,22D,23D,24D,25D,28D,29D,32D,33D,34D,35D,37D,38D,39D. The zero-order valence-corrected chi connectivity index (χ0v) is 32.7. The quantitative estimate of drug-likeness (QED) is 0.159. The van der Waals surface area contributed by atoms with Crippen molar-refractivity contribution in [3.63, 3.8) is 0 Å². The fourth-order valence-corrected chi connectivity index (χ4v) is 8.52. The zero-order valence-electron chi connectivity index (χ0n) is 53.7. The third kappa shape index (κ3) is 5.60. The molecule has 3 heteroatoms. The van der Waals surface area contributed by atoms with Gasteiger partial charge in [0.15, 0.2) is 0 Å². The van der Waals surface area contributed by atoms with Gasteiger partial charge in [0.25, 0.3) is 0 Å². The lowest BCUT2D eigenvalue weighted by atomic mass is 10.0.